The zero-order valence-corrected chi connectivity index (χ0v) is 13.9. The predicted molar refractivity (Wildman–Crippen MR) is 80.5 cm³/mol. The Bertz CT molecular complexity index is 505. The van der Waals surface area contributed by atoms with Crippen molar-refractivity contribution in [1.82, 2.24) is 14.7 Å². The summed E-state index contributed by atoms with van der Waals surface area (Å²) in [6.07, 6.45) is 2.17. The quantitative estimate of drug-likeness (QED) is 0.912. The van der Waals surface area contributed by atoms with E-state index in [1.54, 1.807) is 0 Å². The molecule has 5 nitrogen and oxygen atoms in total. The Morgan fingerprint density at radius 2 is 2.05 bits per heavy atom. The van der Waals surface area contributed by atoms with E-state index in [2.05, 4.69) is 25.9 Å². The summed E-state index contributed by atoms with van der Waals surface area (Å²) in [5.74, 6) is -0.641. The largest absolute Gasteiger partial charge is 0.481 e. The van der Waals surface area contributed by atoms with Gasteiger partial charge in [-0.15, -0.1) is 0 Å². The van der Waals surface area contributed by atoms with Gasteiger partial charge in [-0.25, -0.2) is 0 Å². The van der Waals surface area contributed by atoms with Crippen molar-refractivity contribution < 1.29 is 9.90 Å². The fourth-order valence-corrected chi connectivity index (χ4v) is 3.38. The predicted octanol–water partition coefficient (Wildman–Crippen LogP) is 2.57. The Balaban J connectivity index is 2.03. The van der Waals surface area contributed by atoms with Crippen molar-refractivity contribution in [1.29, 1.82) is 0 Å². The molecule has 0 unspecified atom stereocenters. The van der Waals surface area contributed by atoms with Gasteiger partial charge in [-0.1, -0.05) is 6.92 Å². The molecule has 1 aromatic heterocycles. The van der Waals surface area contributed by atoms with Crippen LogP contribution in [0.3, 0.4) is 0 Å². The molecular weight excluding hydrogens is 322 g/mol. The van der Waals surface area contributed by atoms with E-state index >= 15 is 0 Å². The Hall–Kier alpha value is -0.880. The van der Waals surface area contributed by atoms with E-state index < -0.39 is 11.4 Å². The maximum Gasteiger partial charge on any atom is 0.309 e. The van der Waals surface area contributed by atoms with E-state index in [9.17, 15) is 9.90 Å². The molecular formula is C14H22BrN3O2. The third-order valence-electron chi connectivity index (χ3n) is 4.58. The standard InChI is InChI=1S/C14H22BrN3O2/c1-4-14(13(19)20)5-7-18(8-6-14)9-11-12(15)10(2)16-17(11)3/h4-9H2,1-3H3,(H,19,20). The molecule has 0 bridgehead atoms. The lowest BCUT2D eigenvalue weighted by atomic mass is 9.76. The highest BCUT2D eigenvalue weighted by Gasteiger charge is 2.39. The van der Waals surface area contributed by atoms with Crippen LogP contribution >= 0.6 is 15.9 Å². The minimum atomic E-state index is -0.641. The number of hydrogen-bond acceptors (Lipinski definition) is 3. The summed E-state index contributed by atoms with van der Waals surface area (Å²) in [6.45, 7) is 6.44. The summed E-state index contributed by atoms with van der Waals surface area (Å²) in [4.78, 5) is 13.8. The van der Waals surface area contributed by atoms with Crippen molar-refractivity contribution >= 4 is 21.9 Å². The van der Waals surface area contributed by atoms with Crippen LogP contribution in [0.2, 0.25) is 0 Å². The van der Waals surface area contributed by atoms with Gasteiger partial charge in [0.15, 0.2) is 0 Å². The third kappa shape index (κ3) is 2.76. The lowest BCUT2D eigenvalue weighted by Gasteiger charge is -2.38. The highest BCUT2D eigenvalue weighted by molar-refractivity contribution is 9.10. The molecule has 0 amide bonds. The highest BCUT2D eigenvalue weighted by atomic mass is 79.9. The van der Waals surface area contributed by atoms with E-state index in [0.717, 1.165) is 48.3 Å². The van der Waals surface area contributed by atoms with Crippen LogP contribution in [0.4, 0.5) is 0 Å². The fourth-order valence-electron chi connectivity index (χ4n) is 2.92. The maximum absolute atomic E-state index is 11.4. The van der Waals surface area contributed by atoms with Crippen LogP contribution in [0.25, 0.3) is 0 Å². The number of aliphatic carboxylic acids is 1. The Labute approximate surface area is 128 Å². The van der Waals surface area contributed by atoms with Crippen LogP contribution in [0.5, 0.6) is 0 Å². The second kappa shape index (κ2) is 5.85. The van der Waals surface area contributed by atoms with Crippen molar-refractivity contribution in [3.63, 3.8) is 0 Å². The van der Waals surface area contributed by atoms with Crippen LogP contribution in [-0.2, 0) is 18.4 Å². The van der Waals surface area contributed by atoms with Gasteiger partial charge in [-0.3, -0.25) is 14.4 Å². The maximum atomic E-state index is 11.4. The van der Waals surface area contributed by atoms with E-state index in [-0.39, 0.29) is 0 Å². The van der Waals surface area contributed by atoms with E-state index in [4.69, 9.17) is 0 Å². The second-order valence-electron chi connectivity index (χ2n) is 5.68. The lowest BCUT2D eigenvalue weighted by molar-refractivity contribution is -0.152. The molecule has 1 N–H and O–H groups in total. The number of hydrogen-bond donors (Lipinski definition) is 1. The van der Waals surface area contributed by atoms with Crippen LogP contribution in [0.1, 0.15) is 37.6 Å². The summed E-state index contributed by atoms with van der Waals surface area (Å²) >= 11 is 3.58. The zero-order chi connectivity index (χ0) is 14.9. The normalized spacial score (nSPS) is 19.2. The molecule has 2 rings (SSSR count). The van der Waals surface area contributed by atoms with Crippen LogP contribution in [0.15, 0.2) is 4.47 Å². The summed E-state index contributed by atoms with van der Waals surface area (Å²) in [5, 5.41) is 13.8. The van der Waals surface area contributed by atoms with Crippen molar-refractivity contribution in [2.24, 2.45) is 12.5 Å². The zero-order valence-electron chi connectivity index (χ0n) is 12.3. The number of nitrogens with zero attached hydrogens (tertiary/aromatic N) is 3. The van der Waals surface area contributed by atoms with Crippen molar-refractivity contribution in [3.8, 4) is 0 Å². The average Bonchev–Trinajstić information content (AvgIpc) is 2.66. The van der Waals surface area contributed by atoms with E-state index in [1.807, 2.05) is 25.6 Å². The average molecular weight is 344 g/mol. The molecule has 1 aliphatic heterocycles. The highest BCUT2D eigenvalue weighted by Crippen LogP contribution is 2.36. The Morgan fingerprint density at radius 3 is 2.45 bits per heavy atom. The molecule has 0 saturated carbocycles. The molecule has 0 spiro atoms. The van der Waals surface area contributed by atoms with Gasteiger partial charge in [0.05, 0.1) is 21.3 Å². The Kier molecular flexibility index (Phi) is 4.54. The summed E-state index contributed by atoms with van der Waals surface area (Å²) < 4.78 is 2.96. The second-order valence-corrected chi connectivity index (χ2v) is 6.48. The minimum absolute atomic E-state index is 0.518. The number of carbonyl (C=O) groups is 1. The third-order valence-corrected chi connectivity index (χ3v) is 5.61. The van der Waals surface area contributed by atoms with Crippen molar-refractivity contribution in [2.75, 3.05) is 13.1 Å². The number of aryl methyl sites for hydroxylation is 2. The summed E-state index contributed by atoms with van der Waals surface area (Å²) in [7, 11) is 1.95. The topological polar surface area (TPSA) is 58.4 Å². The number of halogens is 1. The van der Waals surface area contributed by atoms with Gasteiger partial charge in [0.25, 0.3) is 0 Å². The van der Waals surface area contributed by atoms with Crippen LogP contribution in [0, 0.1) is 12.3 Å². The fraction of sp³-hybridized carbons (Fsp3) is 0.714. The summed E-state index contributed by atoms with van der Waals surface area (Å²) in [6, 6.07) is 0. The van der Waals surface area contributed by atoms with Crippen LogP contribution < -0.4 is 0 Å². The molecule has 112 valence electrons. The first-order valence-corrected chi connectivity index (χ1v) is 7.82. The lowest BCUT2D eigenvalue weighted by Crippen LogP contribution is -2.43. The first kappa shape index (κ1) is 15.5. The van der Waals surface area contributed by atoms with Crippen LogP contribution in [-0.4, -0.2) is 38.8 Å². The Morgan fingerprint density at radius 1 is 1.45 bits per heavy atom. The number of aromatic nitrogens is 2. The molecule has 2 heterocycles. The summed E-state index contributed by atoms with van der Waals surface area (Å²) in [5.41, 5.74) is 1.63. The molecule has 0 atom stereocenters. The molecule has 1 aromatic rings. The molecule has 1 fully saturated rings. The van der Waals surface area contributed by atoms with Crippen molar-refractivity contribution in [3.05, 3.63) is 15.9 Å². The van der Waals surface area contributed by atoms with Gasteiger partial charge >= 0.3 is 5.97 Å². The van der Waals surface area contributed by atoms with Gasteiger partial charge in [-0.05, 0) is 55.2 Å². The molecule has 0 aliphatic carbocycles. The molecule has 1 aliphatic rings. The number of rotatable bonds is 4. The van der Waals surface area contributed by atoms with E-state index in [0.29, 0.717) is 6.42 Å². The van der Waals surface area contributed by atoms with E-state index in [1.165, 1.54) is 0 Å². The molecule has 1 saturated heterocycles. The van der Waals surface area contributed by atoms with Gasteiger partial charge in [-0.2, -0.15) is 5.10 Å². The minimum Gasteiger partial charge on any atom is -0.481 e. The number of carboxylic acids is 1. The molecule has 6 heteroatoms. The van der Waals surface area contributed by atoms with Gasteiger partial charge in [0.1, 0.15) is 0 Å². The van der Waals surface area contributed by atoms with Gasteiger partial charge in [0.2, 0.25) is 0 Å². The number of likely N-dealkylation sites (tertiary alicyclic amines) is 1. The number of carboxylic acid groups (broad SMARTS) is 1. The monoisotopic (exact) mass is 343 g/mol. The first-order chi connectivity index (χ1) is 9.39. The molecule has 0 radical (unpaired) electrons. The van der Waals surface area contributed by atoms with Crippen molar-refractivity contribution in [2.45, 2.75) is 39.7 Å². The first-order valence-electron chi connectivity index (χ1n) is 7.03. The molecule has 20 heavy (non-hydrogen) atoms. The van der Waals surface area contributed by atoms with Gasteiger partial charge < -0.3 is 5.11 Å². The smallest absolute Gasteiger partial charge is 0.309 e. The van der Waals surface area contributed by atoms with Gasteiger partial charge in [0, 0.05) is 13.6 Å². The molecule has 0 aromatic carbocycles. The number of piperidine rings is 1. The SMILES string of the molecule is CCC1(C(=O)O)CCN(Cc2c(Br)c(C)nn2C)CC1.